The molecule has 1 aromatic carbocycles. The lowest BCUT2D eigenvalue weighted by atomic mass is 10.2. The van der Waals surface area contributed by atoms with Gasteiger partial charge in [-0.3, -0.25) is 0 Å². The Balaban J connectivity index is 1.78. The number of hydrogen-bond acceptors (Lipinski definition) is 6. The van der Waals surface area contributed by atoms with Crippen molar-refractivity contribution in [2.24, 2.45) is 0 Å². The van der Waals surface area contributed by atoms with Crippen LogP contribution in [0.15, 0.2) is 30.3 Å². The van der Waals surface area contributed by atoms with Gasteiger partial charge >= 0.3 is 0 Å². The molecular weight excluding hydrogens is 324 g/mol. The van der Waals surface area contributed by atoms with Crippen molar-refractivity contribution in [3.05, 3.63) is 41.5 Å². The molecule has 0 saturated carbocycles. The van der Waals surface area contributed by atoms with Gasteiger partial charge in [0.1, 0.15) is 6.61 Å². The zero-order chi connectivity index (χ0) is 17.4. The second-order valence-electron chi connectivity index (χ2n) is 5.57. The van der Waals surface area contributed by atoms with Crippen LogP contribution in [-0.2, 0) is 41.6 Å². The van der Waals surface area contributed by atoms with Crippen molar-refractivity contribution in [1.82, 2.24) is 0 Å². The second-order valence-corrected chi connectivity index (χ2v) is 5.57. The predicted molar refractivity (Wildman–Crippen MR) is 93.4 cm³/mol. The maximum absolute atomic E-state index is 5.67. The van der Waals surface area contributed by atoms with E-state index in [-0.39, 0.29) is 0 Å². The maximum Gasteiger partial charge on any atom is 0.115 e. The van der Waals surface area contributed by atoms with Gasteiger partial charge in [0.05, 0.1) is 84.3 Å². The molecule has 6 heteroatoms. The van der Waals surface area contributed by atoms with E-state index < -0.39 is 0 Å². The van der Waals surface area contributed by atoms with Crippen molar-refractivity contribution in [3.63, 3.8) is 0 Å². The van der Waals surface area contributed by atoms with E-state index in [1.807, 2.05) is 12.1 Å². The summed E-state index contributed by atoms with van der Waals surface area (Å²) in [5.41, 5.74) is 2.23. The summed E-state index contributed by atoms with van der Waals surface area (Å²) >= 11 is 0. The van der Waals surface area contributed by atoms with Gasteiger partial charge in [0.15, 0.2) is 0 Å². The van der Waals surface area contributed by atoms with E-state index >= 15 is 0 Å². The Morgan fingerprint density at radius 1 is 0.560 bits per heavy atom. The summed E-state index contributed by atoms with van der Waals surface area (Å²) in [4.78, 5) is 0. The first-order valence-electron chi connectivity index (χ1n) is 8.83. The number of ether oxygens (including phenoxy) is 6. The van der Waals surface area contributed by atoms with E-state index in [2.05, 4.69) is 18.2 Å². The Morgan fingerprint density at radius 3 is 1.52 bits per heavy atom. The Kier molecular flexibility index (Phi) is 11.3. The first-order chi connectivity index (χ1) is 12.4. The molecule has 6 nitrogen and oxygen atoms in total. The van der Waals surface area contributed by atoms with Crippen LogP contribution in [0.2, 0.25) is 0 Å². The van der Waals surface area contributed by atoms with Gasteiger partial charge in [0, 0.05) is 29.8 Å². The quantitative estimate of drug-likeness (QED) is 0.666. The first-order valence-corrected chi connectivity index (χ1v) is 8.83. The predicted octanol–water partition coefficient (Wildman–Crippen LogP) is 2.08. The number of rotatable bonds is 0. The Hall–Kier alpha value is -1.15. The second kappa shape index (κ2) is 14.1. The van der Waals surface area contributed by atoms with Crippen LogP contribution in [-0.4, -0.2) is 66.1 Å². The molecule has 1 aliphatic rings. The monoisotopic (exact) mass is 353 g/mol. The highest BCUT2D eigenvalue weighted by atomic mass is 16.6. The molecule has 140 valence electrons. The highest BCUT2D eigenvalue weighted by molar-refractivity contribution is 5.20. The van der Waals surface area contributed by atoms with Crippen LogP contribution in [0.5, 0.6) is 0 Å². The molecule has 0 atom stereocenters. The van der Waals surface area contributed by atoms with Crippen molar-refractivity contribution in [2.75, 3.05) is 66.1 Å². The maximum atomic E-state index is 5.67. The molecule has 0 amide bonds. The zero-order valence-electron chi connectivity index (χ0n) is 14.8. The van der Waals surface area contributed by atoms with Gasteiger partial charge in [-0.1, -0.05) is 0 Å². The highest BCUT2D eigenvalue weighted by Crippen LogP contribution is 2.07. The van der Waals surface area contributed by atoms with Crippen molar-refractivity contribution in [3.8, 4) is 0 Å². The molecule has 0 spiro atoms. The fourth-order valence-corrected chi connectivity index (χ4v) is 2.25. The molecule has 0 saturated heterocycles. The third-order valence-corrected chi connectivity index (χ3v) is 3.50. The molecule has 0 unspecified atom stereocenters. The average Bonchev–Trinajstić information content (AvgIpc) is 2.85. The molecule has 2 rings (SSSR count). The lowest BCUT2D eigenvalue weighted by molar-refractivity contribution is -0.0182. The van der Waals surface area contributed by atoms with Crippen LogP contribution in [0.25, 0.3) is 0 Å². The fourth-order valence-electron chi connectivity index (χ4n) is 2.25. The smallest absolute Gasteiger partial charge is 0.115 e. The third kappa shape index (κ3) is 10.4. The normalized spacial score (nSPS) is 20.3. The van der Waals surface area contributed by atoms with Gasteiger partial charge in [-0.25, -0.2) is 0 Å². The Morgan fingerprint density at radius 2 is 1.00 bits per heavy atom. The van der Waals surface area contributed by atoms with Crippen molar-refractivity contribution < 1.29 is 28.4 Å². The van der Waals surface area contributed by atoms with E-state index in [1.165, 1.54) is 0 Å². The van der Waals surface area contributed by atoms with E-state index in [0.717, 1.165) is 11.1 Å². The molecule has 2 bridgehead atoms. The Bertz CT molecular complexity index is 420. The van der Waals surface area contributed by atoms with E-state index in [1.54, 1.807) is 0 Å². The van der Waals surface area contributed by atoms with Gasteiger partial charge in [0.25, 0.3) is 0 Å². The minimum absolute atomic E-state index is 0.558. The van der Waals surface area contributed by atoms with Gasteiger partial charge in [-0.15, -0.1) is 0 Å². The molecular formula is C19H29O6+. The van der Waals surface area contributed by atoms with Crippen molar-refractivity contribution >= 4 is 0 Å². The molecule has 1 aliphatic heterocycles. The average molecular weight is 353 g/mol. The summed E-state index contributed by atoms with van der Waals surface area (Å²) in [6.45, 7) is 6.75. The van der Waals surface area contributed by atoms with Crippen LogP contribution >= 0.6 is 0 Å². The summed E-state index contributed by atoms with van der Waals surface area (Å²) in [6.07, 6.45) is 0. The molecule has 1 heterocycles. The fraction of sp³-hybridized carbons (Fsp3) is 0.632. The molecule has 0 N–H and O–H groups in total. The molecule has 0 aromatic heterocycles. The van der Waals surface area contributed by atoms with Gasteiger partial charge < -0.3 is 28.4 Å². The highest BCUT2D eigenvalue weighted by Gasteiger charge is 2.03. The summed E-state index contributed by atoms with van der Waals surface area (Å²) in [5, 5.41) is 0. The molecule has 1 aromatic rings. The summed E-state index contributed by atoms with van der Waals surface area (Å²) in [5.74, 6) is 0. The summed E-state index contributed by atoms with van der Waals surface area (Å²) in [6, 6.07) is 10.2. The number of hydrogen-bond donors (Lipinski definition) is 0. The third-order valence-electron chi connectivity index (χ3n) is 3.50. The SMILES string of the molecule is c1cc2cc(c[cH+]1)COCCOCCOCCOCCOCCOC2. The largest absolute Gasteiger partial charge is 0.377 e. The lowest BCUT2D eigenvalue weighted by Crippen LogP contribution is -2.13. The van der Waals surface area contributed by atoms with Gasteiger partial charge in [-0.2, -0.15) is 0 Å². The first kappa shape index (κ1) is 20.2. The van der Waals surface area contributed by atoms with E-state index in [9.17, 15) is 0 Å². The summed E-state index contributed by atoms with van der Waals surface area (Å²) < 4.78 is 33.1. The molecule has 25 heavy (non-hydrogen) atoms. The number of fused-ring (bicyclic) bond motifs is 2. The van der Waals surface area contributed by atoms with Crippen LogP contribution < -0.4 is 0 Å². The van der Waals surface area contributed by atoms with Crippen LogP contribution in [0.4, 0.5) is 0 Å². The molecule has 0 radical (unpaired) electrons. The topological polar surface area (TPSA) is 55.4 Å². The van der Waals surface area contributed by atoms with E-state index in [4.69, 9.17) is 28.4 Å². The van der Waals surface area contributed by atoms with Crippen LogP contribution in [0.1, 0.15) is 11.1 Å². The minimum atomic E-state index is 0.558. The van der Waals surface area contributed by atoms with Crippen LogP contribution in [0, 0.1) is 0 Å². The minimum Gasteiger partial charge on any atom is -0.377 e. The molecule has 0 aliphatic carbocycles. The van der Waals surface area contributed by atoms with E-state index in [0.29, 0.717) is 79.3 Å². The lowest BCUT2D eigenvalue weighted by Gasteiger charge is -2.07. The summed E-state index contributed by atoms with van der Waals surface area (Å²) in [7, 11) is 0. The van der Waals surface area contributed by atoms with Crippen molar-refractivity contribution in [1.29, 1.82) is 0 Å². The van der Waals surface area contributed by atoms with Gasteiger partial charge in [0.2, 0.25) is 0 Å². The molecule has 0 fully saturated rings. The Labute approximate surface area is 149 Å². The zero-order valence-corrected chi connectivity index (χ0v) is 14.8. The van der Waals surface area contributed by atoms with Crippen molar-refractivity contribution in [2.45, 2.75) is 13.2 Å². The standard InChI is InChI=1S/C19H29O6/c1-2-4-19-15-18(3-1)16-24-13-11-22-9-7-20-5-6-21-8-10-23-12-14-25-17-19/h1-4,15H,5-14,16-17H2/q+1. The van der Waals surface area contributed by atoms with Crippen LogP contribution in [0.3, 0.4) is 0 Å². The van der Waals surface area contributed by atoms with Gasteiger partial charge in [-0.05, 0) is 0 Å².